The van der Waals surface area contributed by atoms with Crippen LogP contribution in [0.25, 0.3) is 0 Å². The van der Waals surface area contributed by atoms with E-state index in [1.165, 1.54) is 19.3 Å². The predicted octanol–water partition coefficient (Wildman–Crippen LogP) is 3.50. The molecule has 0 N–H and O–H groups in total. The Morgan fingerprint density at radius 3 is 2.85 bits per heavy atom. The highest BCUT2D eigenvalue weighted by molar-refractivity contribution is 6.20. The summed E-state index contributed by atoms with van der Waals surface area (Å²) < 4.78 is 6.23. The van der Waals surface area contributed by atoms with Crippen LogP contribution in [0.2, 0.25) is 0 Å². The molecular formula is C11H19ClO. The molecule has 0 aliphatic carbocycles. The molecule has 2 aliphatic heterocycles. The molecule has 0 radical (unpaired) electrons. The fourth-order valence-corrected chi connectivity index (χ4v) is 3.64. The second-order valence-corrected chi connectivity index (χ2v) is 5.56. The largest absolute Gasteiger partial charge is 0.369 e. The van der Waals surface area contributed by atoms with E-state index >= 15 is 0 Å². The van der Waals surface area contributed by atoms with Gasteiger partial charge in [0.2, 0.25) is 0 Å². The zero-order valence-corrected chi connectivity index (χ0v) is 9.36. The number of hydrogen-bond acceptors (Lipinski definition) is 1. The molecule has 2 bridgehead atoms. The van der Waals surface area contributed by atoms with E-state index in [-0.39, 0.29) is 11.2 Å². The molecule has 0 saturated carbocycles. The normalized spacial score (nSPS) is 50.5. The molecule has 0 amide bonds. The third kappa shape index (κ3) is 1.73. The third-order valence-corrected chi connectivity index (χ3v) is 4.00. The Morgan fingerprint density at radius 1 is 1.38 bits per heavy atom. The summed E-state index contributed by atoms with van der Waals surface area (Å²) in [5, 5.41) is 0.332. The summed E-state index contributed by atoms with van der Waals surface area (Å²) in [5.74, 6) is 0. The van der Waals surface area contributed by atoms with Gasteiger partial charge in [-0.3, -0.25) is 0 Å². The van der Waals surface area contributed by atoms with E-state index < -0.39 is 0 Å². The Kier molecular flexibility index (Phi) is 2.36. The second-order valence-electron chi connectivity index (χ2n) is 4.95. The van der Waals surface area contributed by atoms with E-state index in [9.17, 15) is 0 Å². The molecule has 2 heterocycles. The quantitative estimate of drug-likeness (QED) is 0.592. The Bertz CT molecular complexity index is 206. The van der Waals surface area contributed by atoms with Gasteiger partial charge in [-0.25, -0.2) is 0 Å². The van der Waals surface area contributed by atoms with Gasteiger partial charge < -0.3 is 4.74 Å². The Hall–Kier alpha value is 0.250. The molecule has 3 unspecified atom stereocenters. The van der Waals surface area contributed by atoms with Crippen LogP contribution in [0.4, 0.5) is 0 Å². The molecule has 0 spiro atoms. The minimum absolute atomic E-state index is 0.0823. The van der Waals surface area contributed by atoms with Gasteiger partial charge in [-0.15, -0.1) is 11.6 Å². The van der Waals surface area contributed by atoms with Crippen LogP contribution in [0, 0.1) is 0 Å². The topological polar surface area (TPSA) is 9.23 Å². The summed E-state index contributed by atoms with van der Waals surface area (Å²) in [4.78, 5) is 0. The number of halogens is 1. The van der Waals surface area contributed by atoms with Gasteiger partial charge in [0.15, 0.2) is 0 Å². The highest BCUT2D eigenvalue weighted by Gasteiger charge is 2.48. The van der Waals surface area contributed by atoms with Crippen LogP contribution in [0.5, 0.6) is 0 Å². The van der Waals surface area contributed by atoms with Crippen molar-refractivity contribution in [2.45, 2.75) is 69.0 Å². The molecule has 0 aromatic heterocycles. The van der Waals surface area contributed by atoms with Gasteiger partial charge >= 0.3 is 0 Å². The van der Waals surface area contributed by atoms with E-state index in [0.29, 0.717) is 5.38 Å². The zero-order chi connectivity index (χ0) is 9.53. The van der Waals surface area contributed by atoms with Crippen molar-refractivity contribution >= 4 is 11.6 Å². The Morgan fingerprint density at radius 2 is 2.15 bits per heavy atom. The number of ether oxygens (including phenoxy) is 1. The lowest BCUT2D eigenvalue weighted by atomic mass is 9.74. The maximum atomic E-state index is 6.30. The SMILES string of the molecule is CCC12CCCC(C)(CC(Cl)C1)O2. The lowest BCUT2D eigenvalue weighted by Gasteiger charge is -2.52. The molecule has 2 saturated heterocycles. The maximum absolute atomic E-state index is 6.30. The van der Waals surface area contributed by atoms with Crippen molar-refractivity contribution in [2.24, 2.45) is 0 Å². The van der Waals surface area contributed by atoms with Crippen LogP contribution in [0.15, 0.2) is 0 Å². The summed E-state index contributed by atoms with van der Waals surface area (Å²) in [6.07, 6.45) is 6.93. The molecule has 0 aromatic carbocycles. The average Bonchev–Trinajstić information content (AvgIpc) is 2.01. The first kappa shape index (κ1) is 9.79. The van der Waals surface area contributed by atoms with Crippen LogP contribution in [-0.2, 0) is 4.74 Å². The van der Waals surface area contributed by atoms with Crippen molar-refractivity contribution < 1.29 is 4.74 Å². The van der Waals surface area contributed by atoms with Gasteiger partial charge in [0.25, 0.3) is 0 Å². The first-order valence-electron chi connectivity index (χ1n) is 5.42. The fraction of sp³-hybridized carbons (Fsp3) is 1.00. The molecule has 3 atom stereocenters. The molecule has 13 heavy (non-hydrogen) atoms. The number of fused-ring (bicyclic) bond motifs is 2. The number of rotatable bonds is 1. The highest BCUT2D eigenvalue weighted by Crippen LogP contribution is 2.48. The van der Waals surface area contributed by atoms with Crippen molar-refractivity contribution in [3.63, 3.8) is 0 Å². The lowest BCUT2D eigenvalue weighted by molar-refractivity contribution is -0.212. The number of alkyl halides is 1. The molecular weight excluding hydrogens is 184 g/mol. The summed E-state index contributed by atoms with van der Waals surface area (Å²) in [5.41, 5.74) is 0.205. The van der Waals surface area contributed by atoms with E-state index in [2.05, 4.69) is 13.8 Å². The highest BCUT2D eigenvalue weighted by atomic mass is 35.5. The van der Waals surface area contributed by atoms with Crippen molar-refractivity contribution in [1.82, 2.24) is 0 Å². The third-order valence-electron chi connectivity index (χ3n) is 3.69. The van der Waals surface area contributed by atoms with Gasteiger partial charge in [0.05, 0.1) is 11.2 Å². The van der Waals surface area contributed by atoms with E-state index in [4.69, 9.17) is 16.3 Å². The Balaban J connectivity index is 2.20. The van der Waals surface area contributed by atoms with Crippen LogP contribution in [0.3, 0.4) is 0 Å². The fourth-order valence-electron chi connectivity index (χ4n) is 3.03. The second kappa shape index (κ2) is 3.13. The molecule has 1 nitrogen and oxygen atoms in total. The molecule has 2 aliphatic rings. The molecule has 2 heteroatoms. The summed E-state index contributed by atoms with van der Waals surface area (Å²) in [6.45, 7) is 4.45. The van der Waals surface area contributed by atoms with Crippen LogP contribution >= 0.6 is 11.6 Å². The number of hydrogen-bond donors (Lipinski definition) is 0. The summed E-state index contributed by atoms with van der Waals surface area (Å²) >= 11 is 6.30. The van der Waals surface area contributed by atoms with Gasteiger partial charge in [-0.1, -0.05) is 6.92 Å². The summed E-state index contributed by atoms with van der Waals surface area (Å²) in [6, 6.07) is 0. The smallest absolute Gasteiger partial charge is 0.0701 e. The van der Waals surface area contributed by atoms with Crippen LogP contribution < -0.4 is 0 Å². The predicted molar refractivity (Wildman–Crippen MR) is 55.2 cm³/mol. The van der Waals surface area contributed by atoms with Crippen LogP contribution in [0.1, 0.15) is 52.4 Å². The van der Waals surface area contributed by atoms with Crippen molar-refractivity contribution in [3.05, 3.63) is 0 Å². The van der Waals surface area contributed by atoms with E-state index in [1.807, 2.05) is 0 Å². The standard InChI is InChI=1S/C11H19ClO/c1-3-11-6-4-5-10(2,13-11)7-9(12)8-11/h9H,3-8H2,1-2H3. The molecule has 2 rings (SSSR count). The minimum atomic E-state index is 0.0823. The molecule has 0 aromatic rings. The first-order valence-corrected chi connectivity index (χ1v) is 5.85. The van der Waals surface area contributed by atoms with Gasteiger partial charge in [-0.2, -0.15) is 0 Å². The van der Waals surface area contributed by atoms with Gasteiger partial charge in [-0.05, 0) is 45.4 Å². The molecule has 2 fully saturated rings. The first-order chi connectivity index (χ1) is 6.08. The average molecular weight is 203 g/mol. The van der Waals surface area contributed by atoms with Gasteiger partial charge in [0.1, 0.15) is 0 Å². The molecule has 76 valence electrons. The minimum Gasteiger partial charge on any atom is -0.369 e. The lowest BCUT2D eigenvalue weighted by Crippen LogP contribution is -2.53. The van der Waals surface area contributed by atoms with Crippen LogP contribution in [-0.4, -0.2) is 16.6 Å². The maximum Gasteiger partial charge on any atom is 0.0701 e. The van der Waals surface area contributed by atoms with E-state index in [0.717, 1.165) is 19.3 Å². The van der Waals surface area contributed by atoms with Gasteiger partial charge in [0, 0.05) is 5.38 Å². The summed E-state index contributed by atoms with van der Waals surface area (Å²) in [7, 11) is 0. The Labute approximate surface area is 85.8 Å². The monoisotopic (exact) mass is 202 g/mol. The zero-order valence-electron chi connectivity index (χ0n) is 8.61. The van der Waals surface area contributed by atoms with Crippen molar-refractivity contribution in [2.75, 3.05) is 0 Å². The van der Waals surface area contributed by atoms with Crippen molar-refractivity contribution in [3.8, 4) is 0 Å². The van der Waals surface area contributed by atoms with Crippen molar-refractivity contribution in [1.29, 1.82) is 0 Å². The van der Waals surface area contributed by atoms with E-state index in [1.54, 1.807) is 0 Å².